The van der Waals surface area contributed by atoms with Crippen molar-refractivity contribution in [3.05, 3.63) is 0 Å². The van der Waals surface area contributed by atoms with Gasteiger partial charge in [0, 0.05) is 5.54 Å². The molecule has 0 bridgehead atoms. The van der Waals surface area contributed by atoms with Crippen molar-refractivity contribution < 1.29 is 9.90 Å². The van der Waals surface area contributed by atoms with Crippen LogP contribution in [0.5, 0.6) is 0 Å². The molecule has 0 aromatic rings. The summed E-state index contributed by atoms with van der Waals surface area (Å²) in [4.78, 5) is 10.6. The maximum absolute atomic E-state index is 10.6. The Hall–Kier alpha value is -0.280. The molecule has 14 heavy (non-hydrogen) atoms. The molecule has 84 valence electrons. The standard InChI is InChI=1S/C10H19NO2.ClH/c1-9(2)3-5-10(11,6-4-9)7-8(12)13;/h3-7,11H2,1-2H3,(H,12,13);1H. The summed E-state index contributed by atoms with van der Waals surface area (Å²) in [7, 11) is 0. The molecule has 0 aromatic carbocycles. The van der Waals surface area contributed by atoms with E-state index in [0.29, 0.717) is 5.41 Å². The van der Waals surface area contributed by atoms with Gasteiger partial charge in [-0.25, -0.2) is 0 Å². The van der Waals surface area contributed by atoms with Crippen molar-refractivity contribution in [3.8, 4) is 0 Å². The Bertz CT molecular complexity index is 206. The number of aliphatic carboxylic acids is 1. The minimum absolute atomic E-state index is 0. The zero-order valence-electron chi connectivity index (χ0n) is 8.88. The van der Waals surface area contributed by atoms with Gasteiger partial charge in [-0.15, -0.1) is 12.4 Å². The molecule has 0 spiro atoms. The van der Waals surface area contributed by atoms with Crippen molar-refractivity contribution in [3.63, 3.8) is 0 Å². The zero-order chi connectivity index (χ0) is 10.1. The molecule has 0 unspecified atom stereocenters. The smallest absolute Gasteiger partial charge is 0.305 e. The second-order valence-corrected chi connectivity index (χ2v) is 5.10. The van der Waals surface area contributed by atoms with Crippen molar-refractivity contribution in [2.24, 2.45) is 11.1 Å². The summed E-state index contributed by atoms with van der Waals surface area (Å²) in [6, 6.07) is 0. The van der Waals surface area contributed by atoms with Gasteiger partial charge in [0.05, 0.1) is 6.42 Å². The first-order valence-electron chi connectivity index (χ1n) is 4.84. The van der Waals surface area contributed by atoms with E-state index in [2.05, 4.69) is 13.8 Å². The highest BCUT2D eigenvalue weighted by molar-refractivity contribution is 5.85. The van der Waals surface area contributed by atoms with Crippen LogP contribution in [-0.2, 0) is 4.79 Å². The second-order valence-electron chi connectivity index (χ2n) is 5.10. The second kappa shape index (κ2) is 4.49. The lowest BCUT2D eigenvalue weighted by atomic mass is 9.69. The van der Waals surface area contributed by atoms with Gasteiger partial charge >= 0.3 is 5.97 Å². The first kappa shape index (κ1) is 13.7. The number of carboxylic acids is 1. The molecule has 0 saturated heterocycles. The minimum Gasteiger partial charge on any atom is -0.481 e. The topological polar surface area (TPSA) is 63.3 Å². The van der Waals surface area contributed by atoms with Crippen LogP contribution < -0.4 is 5.73 Å². The average Bonchev–Trinajstić information content (AvgIpc) is 1.95. The van der Waals surface area contributed by atoms with Crippen molar-refractivity contribution in [2.45, 2.75) is 51.5 Å². The number of rotatable bonds is 2. The molecule has 1 aliphatic carbocycles. The fraction of sp³-hybridized carbons (Fsp3) is 0.900. The van der Waals surface area contributed by atoms with Gasteiger partial charge in [0.2, 0.25) is 0 Å². The van der Waals surface area contributed by atoms with E-state index in [0.717, 1.165) is 25.7 Å². The third-order valence-electron chi connectivity index (χ3n) is 3.10. The summed E-state index contributed by atoms with van der Waals surface area (Å²) in [5.74, 6) is -0.776. The van der Waals surface area contributed by atoms with Crippen molar-refractivity contribution in [1.29, 1.82) is 0 Å². The van der Waals surface area contributed by atoms with Crippen molar-refractivity contribution in [2.75, 3.05) is 0 Å². The predicted octanol–water partition coefficient (Wildman–Crippen LogP) is 2.18. The fourth-order valence-corrected chi connectivity index (χ4v) is 1.90. The van der Waals surface area contributed by atoms with Crippen LogP contribution in [0, 0.1) is 5.41 Å². The number of hydrogen-bond acceptors (Lipinski definition) is 2. The van der Waals surface area contributed by atoms with Crippen LogP contribution in [0.2, 0.25) is 0 Å². The number of hydrogen-bond donors (Lipinski definition) is 2. The Labute approximate surface area is 91.5 Å². The van der Waals surface area contributed by atoms with E-state index in [1.54, 1.807) is 0 Å². The molecule has 0 radical (unpaired) electrons. The monoisotopic (exact) mass is 221 g/mol. The van der Waals surface area contributed by atoms with Gasteiger partial charge in [0.15, 0.2) is 0 Å². The summed E-state index contributed by atoms with van der Waals surface area (Å²) in [6.45, 7) is 4.43. The summed E-state index contributed by atoms with van der Waals surface area (Å²) < 4.78 is 0. The highest BCUT2D eigenvalue weighted by atomic mass is 35.5. The van der Waals surface area contributed by atoms with Crippen LogP contribution >= 0.6 is 12.4 Å². The molecule has 3 N–H and O–H groups in total. The minimum atomic E-state index is -0.776. The number of carboxylic acid groups (broad SMARTS) is 1. The highest BCUT2D eigenvalue weighted by Gasteiger charge is 2.36. The van der Waals surface area contributed by atoms with E-state index >= 15 is 0 Å². The van der Waals surface area contributed by atoms with E-state index in [1.165, 1.54) is 0 Å². The van der Waals surface area contributed by atoms with E-state index in [9.17, 15) is 4.79 Å². The third kappa shape index (κ3) is 3.84. The largest absolute Gasteiger partial charge is 0.481 e. The molecule has 0 heterocycles. The van der Waals surface area contributed by atoms with Gasteiger partial charge in [-0.3, -0.25) is 4.79 Å². The molecule has 0 aliphatic heterocycles. The maximum Gasteiger partial charge on any atom is 0.305 e. The van der Waals surface area contributed by atoms with Gasteiger partial charge < -0.3 is 10.8 Å². The Morgan fingerprint density at radius 3 is 2.07 bits per heavy atom. The summed E-state index contributed by atoms with van der Waals surface area (Å²) in [6.07, 6.45) is 3.87. The number of nitrogens with two attached hydrogens (primary N) is 1. The zero-order valence-corrected chi connectivity index (χ0v) is 9.69. The van der Waals surface area contributed by atoms with Crippen LogP contribution in [0.15, 0.2) is 0 Å². The molecule has 1 fully saturated rings. The van der Waals surface area contributed by atoms with Crippen LogP contribution in [0.1, 0.15) is 46.0 Å². The molecule has 0 aromatic heterocycles. The summed E-state index contributed by atoms with van der Waals surface area (Å²) in [5, 5.41) is 8.68. The SMILES string of the molecule is CC1(C)CCC(N)(CC(=O)O)CC1.Cl. The molecular formula is C10H20ClNO2. The highest BCUT2D eigenvalue weighted by Crippen LogP contribution is 2.40. The lowest BCUT2D eigenvalue weighted by Crippen LogP contribution is -2.46. The Morgan fingerprint density at radius 2 is 1.71 bits per heavy atom. The van der Waals surface area contributed by atoms with Crippen LogP contribution in [-0.4, -0.2) is 16.6 Å². The van der Waals surface area contributed by atoms with Crippen LogP contribution in [0.3, 0.4) is 0 Å². The Kier molecular flexibility index (Phi) is 4.40. The van der Waals surface area contributed by atoms with Gasteiger partial charge in [-0.1, -0.05) is 13.8 Å². The number of halogens is 1. The molecule has 4 heteroatoms. The molecule has 0 atom stereocenters. The van der Waals surface area contributed by atoms with E-state index in [1.807, 2.05) is 0 Å². The number of carbonyl (C=O) groups is 1. The first-order valence-corrected chi connectivity index (χ1v) is 4.84. The molecule has 1 saturated carbocycles. The normalized spacial score (nSPS) is 23.6. The molecule has 0 amide bonds. The quantitative estimate of drug-likeness (QED) is 0.751. The van der Waals surface area contributed by atoms with Gasteiger partial charge in [0.25, 0.3) is 0 Å². The molecule has 1 rings (SSSR count). The van der Waals surface area contributed by atoms with Gasteiger partial charge in [0.1, 0.15) is 0 Å². The van der Waals surface area contributed by atoms with Crippen molar-refractivity contribution >= 4 is 18.4 Å². The van der Waals surface area contributed by atoms with E-state index < -0.39 is 11.5 Å². The van der Waals surface area contributed by atoms with Crippen LogP contribution in [0.25, 0.3) is 0 Å². The summed E-state index contributed by atoms with van der Waals surface area (Å²) in [5.41, 5.74) is 5.91. The predicted molar refractivity (Wildman–Crippen MR) is 58.7 cm³/mol. The molecular weight excluding hydrogens is 202 g/mol. The fourth-order valence-electron chi connectivity index (χ4n) is 1.90. The lowest BCUT2D eigenvalue weighted by Gasteiger charge is -2.40. The van der Waals surface area contributed by atoms with Gasteiger partial charge in [-0.05, 0) is 31.1 Å². The maximum atomic E-state index is 10.6. The Balaban J connectivity index is 0.00000169. The Morgan fingerprint density at radius 1 is 1.29 bits per heavy atom. The third-order valence-corrected chi connectivity index (χ3v) is 3.10. The van der Waals surface area contributed by atoms with Crippen LogP contribution in [0.4, 0.5) is 0 Å². The molecule has 1 aliphatic rings. The van der Waals surface area contributed by atoms with Gasteiger partial charge in [-0.2, -0.15) is 0 Å². The van der Waals surface area contributed by atoms with Crippen molar-refractivity contribution in [1.82, 2.24) is 0 Å². The van der Waals surface area contributed by atoms with E-state index in [-0.39, 0.29) is 18.8 Å². The molecule has 3 nitrogen and oxygen atoms in total. The average molecular weight is 222 g/mol. The van der Waals surface area contributed by atoms with E-state index in [4.69, 9.17) is 10.8 Å². The first-order chi connectivity index (χ1) is 5.83. The summed E-state index contributed by atoms with van der Waals surface area (Å²) >= 11 is 0. The lowest BCUT2D eigenvalue weighted by molar-refractivity contribution is -0.138.